The molecule has 1 aliphatic rings. The van der Waals surface area contributed by atoms with E-state index in [1.54, 1.807) is 0 Å². The molecule has 4 heteroatoms. The Morgan fingerprint density at radius 2 is 1.96 bits per heavy atom. The van der Waals surface area contributed by atoms with Crippen LogP contribution in [-0.2, 0) is 12.0 Å². The van der Waals surface area contributed by atoms with Crippen molar-refractivity contribution in [1.82, 2.24) is 10.6 Å². The lowest BCUT2D eigenvalue weighted by Gasteiger charge is -2.32. The van der Waals surface area contributed by atoms with Gasteiger partial charge in [-0.2, -0.15) is 0 Å². The van der Waals surface area contributed by atoms with Gasteiger partial charge in [-0.15, -0.1) is 0 Å². The number of rotatable bonds is 6. The van der Waals surface area contributed by atoms with Gasteiger partial charge in [0.25, 0.3) is 0 Å². The number of nitrogens with one attached hydrogen (secondary N) is 2. The molecule has 1 heterocycles. The standard InChI is InChI=1S/C24H31N3O/c1-18(2)20-10-7-12-21(17-20)24(3,4)26-23(28)25-14-16-27-15-8-11-19-9-5-6-13-22(19)27/h5-7,9-10,12-13,17H,1,8,11,14-16H2,2-4H3,(H2,25,26,28). The number of urea groups is 1. The number of allylic oxidation sites excluding steroid dienone is 1. The van der Waals surface area contributed by atoms with Crippen LogP contribution in [0.25, 0.3) is 5.57 Å². The minimum Gasteiger partial charge on any atom is -0.370 e. The second-order valence-corrected chi connectivity index (χ2v) is 8.09. The number of carbonyl (C=O) groups excluding carboxylic acids is 1. The molecule has 2 amide bonds. The molecule has 148 valence electrons. The van der Waals surface area contributed by atoms with Crippen LogP contribution in [0.2, 0.25) is 0 Å². The van der Waals surface area contributed by atoms with Crippen LogP contribution < -0.4 is 15.5 Å². The van der Waals surface area contributed by atoms with Gasteiger partial charge >= 0.3 is 6.03 Å². The largest absolute Gasteiger partial charge is 0.370 e. The molecular formula is C24H31N3O. The van der Waals surface area contributed by atoms with Crippen molar-refractivity contribution in [3.05, 3.63) is 71.8 Å². The van der Waals surface area contributed by atoms with E-state index in [0.29, 0.717) is 6.54 Å². The molecule has 0 spiro atoms. The average Bonchev–Trinajstić information content (AvgIpc) is 2.68. The summed E-state index contributed by atoms with van der Waals surface area (Å²) >= 11 is 0. The van der Waals surface area contributed by atoms with E-state index in [-0.39, 0.29) is 6.03 Å². The number of carbonyl (C=O) groups is 1. The number of hydrogen-bond donors (Lipinski definition) is 2. The molecule has 2 N–H and O–H groups in total. The maximum absolute atomic E-state index is 12.5. The molecule has 2 aromatic rings. The number of nitrogens with zero attached hydrogens (tertiary/aromatic N) is 1. The zero-order valence-corrected chi connectivity index (χ0v) is 17.2. The van der Waals surface area contributed by atoms with E-state index in [1.165, 1.54) is 11.3 Å². The summed E-state index contributed by atoms with van der Waals surface area (Å²) < 4.78 is 0. The van der Waals surface area contributed by atoms with Gasteiger partial charge in [-0.25, -0.2) is 4.79 Å². The molecule has 0 radical (unpaired) electrons. The highest BCUT2D eigenvalue weighted by atomic mass is 16.2. The Morgan fingerprint density at radius 1 is 1.18 bits per heavy atom. The lowest BCUT2D eigenvalue weighted by atomic mass is 9.92. The molecule has 4 nitrogen and oxygen atoms in total. The lowest BCUT2D eigenvalue weighted by Crippen LogP contribution is -2.48. The summed E-state index contributed by atoms with van der Waals surface area (Å²) in [6, 6.07) is 16.6. The van der Waals surface area contributed by atoms with Gasteiger partial charge in [-0.1, -0.05) is 48.6 Å². The highest BCUT2D eigenvalue weighted by Gasteiger charge is 2.23. The Hall–Kier alpha value is -2.75. The summed E-state index contributed by atoms with van der Waals surface area (Å²) in [5.41, 5.74) is 5.41. The van der Waals surface area contributed by atoms with Crippen LogP contribution in [0.15, 0.2) is 55.1 Å². The van der Waals surface area contributed by atoms with E-state index in [4.69, 9.17) is 0 Å². The Morgan fingerprint density at radius 3 is 2.75 bits per heavy atom. The molecule has 0 bridgehead atoms. The molecule has 0 atom stereocenters. The van der Waals surface area contributed by atoms with Crippen LogP contribution in [0, 0.1) is 0 Å². The number of aryl methyl sites for hydroxylation is 1. The first-order chi connectivity index (χ1) is 13.4. The van der Waals surface area contributed by atoms with Crippen LogP contribution >= 0.6 is 0 Å². The Balaban J connectivity index is 1.54. The third kappa shape index (κ3) is 4.75. The molecule has 28 heavy (non-hydrogen) atoms. The number of anilines is 1. The summed E-state index contributed by atoms with van der Waals surface area (Å²) in [6.45, 7) is 12.5. The Labute approximate surface area is 168 Å². The van der Waals surface area contributed by atoms with Gasteiger partial charge in [-0.3, -0.25) is 0 Å². The predicted octanol–water partition coefficient (Wildman–Crippen LogP) is 4.71. The average molecular weight is 378 g/mol. The summed E-state index contributed by atoms with van der Waals surface area (Å²) in [5, 5.41) is 6.11. The summed E-state index contributed by atoms with van der Waals surface area (Å²) in [5.74, 6) is 0. The molecule has 0 fully saturated rings. The molecule has 1 aliphatic heterocycles. The molecule has 0 aliphatic carbocycles. The zero-order valence-electron chi connectivity index (χ0n) is 17.2. The van der Waals surface area contributed by atoms with Gasteiger partial charge in [-0.05, 0) is 62.4 Å². The van der Waals surface area contributed by atoms with Crippen molar-refractivity contribution in [2.45, 2.75) is 39.2 Å². The van der Waals surface area contributed by atoms with Gasteiger partial charge < -0.3 is 15.5 Å². The smallest absolute Gasteiger partial charge is 0.315 e. The Kier molecular flexibility index (Phi) is 6.08. The summed E-state index contributed by atoms with van der Waals surface area (Å²) in [7, 11) is 0. The first-order valence-corrected chi connectivity index (χ1v) is 10.0. The van der Waals surface area contributed by atoms with Gasteiger partial charge in [0.15, 0.2) is 0 Å². The summed E-state index contributed by atoms with van der Waals surface area (Å²) in [4.78, 5) is 14.8. The first-order valence-electron chi connectivity index (χ1n) is 10.0. The van der Waals surface area contributed by atoms with Gasteiger partial charge in [0.1, 0.15) is 0 Å². The maximum atomic E-state index is 12.5. The fourth-order valence-electron chi connectivity index (χ4n) is 3.72. The molecule has 0 unspecified atom stereocenters. The van der Waals surface area contributed by atoms with Crippen LogP contribution in [0.4, 0.5) is 10.5 Å². The minimum atomic E-state index is -0.465. The molecule has 0 saturated heterocycles. The number of fused-ring (bicyclic) bond motifs is 1. The van der Waals surface area contributed by atoms with Crippen molar-refractivity contribution in [2.24, 2.45) is 0 Å². The fourth-order valence-corrected chi connectivity index (χ4v) is 3.72. The first kappa shape index (κ1) is 20.0. The molecule has 3 rings (SSSR count). The van der Waals surface area contributed by atoms with Gasteiger partial charge in [0, 0.05) is 25.3 Å². The highest BCUT2D eigenvalue weighted by molar-refractivity contribution is 5.75. The molecule has 0 saturated carbocycles. The molecular weight excluding hydrogens is 346 g/mol. The minimum absolute atomic E-state index is 0.143. The highest BCUT2D eigenvalue weighted by Crippen LogP contribution is 2.26. The number of para-hydroxylation sites is 1. The predicted molar refractivity (Wildman–Crippen MR) is 118 cm³/mol. The normalized spacial score (nSPS) is 13.6. The van der Waals surface area contributed by atoms with Gasteiger partial charge in [0.2, 0.25) is 0 Å². The van der Waals surface area contributed by atoms with Gasteiger partial charge in [0.05, 0.1) is 5.54 Å². The number of benzene rings is 2. The van der Waals surface area contributed by atoms with E-state index in [0.717, 1.165) is 42.6 Å². The van der Waals surface area contributed by atoms with Crippen molar-refractivity contribution in [3.63, 3.8) is 0 Å². The SMILES string of the molecule is C=C(C)c1cccc(C(C)(C)NC(=O)NCCN2CCCc3ccccc32)c1. The third-order valence-corrected chi connectivity index (χ3v) is 5.38. The van der Waals surface area contributed by atoms with Crippen molar-refractivity contribution < 1.29 is 4.79 Å². The van der Waals surface area contributed by atoms with Crippen LogP contribution in [0.3, 0.4) is 0 Å². The molecule has 0 aromatic heterocycles. The topological polar surface area (TPSA) is 44.4 Å². The Bertz CT molecular complexity index is 856. The fraction of sp³-hybridized carbons (Fsp3) is 0.375. The second kappa shape index (κ2) is 8.51. The van der Waals surface area contributed by atoms with Crippen LogP contribution in [-0.4, -0.2) is 25.7 Å². The zero-order chi connectivity index (χ0) is 20.1. The van der Waals surface area contributed by atoms with Crippen molar-refractivity contribution in [1.29, 1.82) is 0 Å². The van der Waals surface area contributed by atoms with E-state index < -0.39 is 5.54 Å². The lowest BCUT2D eigenvalue weighted by molar-refractivity contribution is 0.230. The van der Waals surface area contributed by atoms with Crippen molar-refractivity contribution in [3.8, 4) is 0 Å². The number of hydrogen-bond acceptors (Lipinski definition) is 2. The van der Waals surface area contributed by atoms with Crippen LogP contribution in [0.5, 0.6) is 0 Å². The van der Waals surface area contributed by atoms with Crippen LogP contribution in [0.1, 0.15) is 43.9 Å². The maximum Gasteiger partial charge on any atom is 0.315 e. The van der Waals surface area contributed by atoms with E-state index in [2.05, 4.69) is 52.4 Å². The van der Waals surface area contributed by atoms with Crippen molar-refractivity contribution in [2.75, 3.05) is 24.5 Å². The second-order valence-electron chi connectivity index (χ2n) is 8.09. The van der Waals surface area contributed by atoms with E-state index >= 15 is 0 Å². The third-order valence-electron chi connectivity index (χ3n) is 5.38. The monoisotopic (exact) mass is 377 g/mol. The number of amides is 2. The van der Waals surface area contributed by atoms with E-state index in [9.17, 15) is 4.79 Å². The molecule has 2 aromatic carbocycles. The summed E-state index contributed by atoms with van der Waals surface area (Å²) in [6.07, 6.45) is 2.30. The van der Waals surface area contributed by atoms with Crippen molar-refractivity contribution >= 4 is 17.3 Å². The quantitative estimate of drug-likeness (QED) is 0.766. The van der Waals surface area contributed by atoms with E-state index in [1.807, 2.05) is 39.0 Å².